The predicted molar refractivity (Wildman–Crippen MR) is 89.5 cm³/mol. The minimum absolute atomic E-state index is 0.145. The third-order valence-corrected chi connectivity index (χ3v) is 4.03. The number of aromatic nitrogens is 3. The molecule has 3 N–H and O–H groups in total. The van der Waals surface area contributed by atoms with E-state index in [0.717, 1.165) is 36.5 Å². The van der Waals surface area contributed by atoms with E-state index >= 15 is 0 Å². The maximum atomic E-state index is 12.6. The van der Waals surface area contributed by atoms with Crippen LogP contribution in [0.4, 0.5) is 11.8 Å². The molecule has 0 fully saturated rings. The molecule has 3 heterocycles. The van der Waals surface area contributed by atoms with E-state index in [9.17, 15) is 4.79 Å². The van der Waals surface area contributed by atoms with Crippen molar-refractivity contribution in [2.24, 2.45) is 0 Å². The van der Waals surface area contributed by atoms with Crippen LogP contribution in [0.5, 0.6) is 0 Å². The van der Waals surface area contributed by atoms with Gasteiger partial charge in [-0.2, -0.15) is 4.98 Å². The number of carbonyl (C=O) groups is 1. The van der Waals surface area contributed by atoms with Gasteiger partial charge in [0.05, 0.1) is 12.2 Å². The van der Waals surface area contributed by atoms with Gasteiger partial charge in [0.25, 0.3) is 5.91 Å². The fraction of sp³-hybridized carbons (Fsp3) is 0.500. The number of nitrogen functional groups attached to an aromatic ring is 1. The van der Waals surface area contributed by atoms with Gasteiger partial charge >= 0.3 is 0 Å². The molecule has 3 rings (SSSR count). The van der Waals surface area contributed by atoms with E-state index in [0.29, 0.717) is 31.0 Å². The number of aryl methyl sites for hydroxylation is 1. The van der Waals surface area contributed by atoms with Crippen LogP contribution < -0.4 is 11.1 Å². The Morgan fingerprint density at radius 2 is 2.29 bits per heavy atom. The second-order valence-electron chi connectivity index (χ2n) is 5.94. The first-order valence-electron chi connectivity index (χ1n) is 8.20. The molecule has 2 aromatic heterocycles. The highest BCUT2D eigenvalue weighted by Gasteiger charge is 2.27. The van der Waals surface area contributed by atoms with Crippen LogP contribution in [0.3, 0.4) is 0 Å². The summed E-state index contributed by atoms with van der Waals surface area (Å²) in [4.78, 5) is 23.0. The summed E-state index contributed by atoms with van der Waals surface area (Å²) in [7, 11) is 0. The molecule has 24 heavy (non-hydrogen) atoms. The molecule has 1 aliphatic heterocycles. The number of nitrogens with one attached hydrogen (secondary N) is 1. The fourth-order valence-electron chi connectivity index (χ4n) is 2.77. The summed E-state index contributed by atoms with van der Waals surface area (Å²) in [5.74, 6) is 1.46. The molecule has 0 spiro atoms. The predicted octanol–water partition coefficient (Wildman–Crippen LogP) is 1.77. The Morgan fingerprint density at radius 3 is 3.00 bits per heavy atom. The van der Waals surface area contributed by atoms with E-state index in [1.165, 1.54) is 0 Å². The summed E-state index contributed by atoms with van der Waals surface area (Å²) in [6.45, 7) is 5.72. The van der Waals surface area contributed by atoms with Gasteiger partial charge < -0.3 is 20.5 Å². The zero-order valence-corrected chi connectivity index (χ0v) is 14.0. The summed E-state index contributed by atoms with van der Waals surface area (Å²) in [6, 6.07) is 1.65. The highest BCUT2D eigenvalue weighted by Crippen LogP contribution is 2.25. The molecule has 1 amide bonds. The van der Waals surface area contributed by atoms with Gasteiger partial charge in [-0.15, -0.1) is 0 Å². The van der Waals surface area contributed by atoms with Crippen molar-refractivity contribution in [3.63, 3.8) is 0 Å². The molecule has 8 heteroatoms. The highest BCUT2D eigenvalue weighted by atomic mass is 16.5. The zero-order valence-electron chi connectivity index (χ0n) is 14.0. The second kappa shape index (κ2) is 6.86. The summed E-state index contributed by atoms with van der Waals surface area (Å²) < 4.78 is 5.00. The zero-order chi connectivity index (χ0) is 17.1. The minimum atomic E-state index is -0.145. The van der Waals surface area contributed by atoms with Gasteiger partial charge in [0, 0.05) is 31.1 Å². The molecule has 0 aliphatic carbocycles. The maximum Gasteiger partial charge on any atom is 0.276 e. The molecule has 0 atom stereocenters. The molecule has 2 aromatic rings. The van der Waals surface area contributed by atoms with E-state index < -0.39 is 0 Å². The molecule has 0 saturated heterocycles. The summed E-state index contributed by atoms with van der Waals surface area (Å²) >= 11 is 0. The summed E-state index contributed by atoms with van der Waals surface area (Å²) in [6.07, 6.45) is 2.78. The van der Waals surface area contributed by atoms with Crippen LogP contribution in [0, 0.1) is 6.92 Å². The number of rotatable bonds is 5. The molecule has 0 bridgehead atoms. The van der Waals surface area contributed by atoms with E-state index in [4.69, 9.17) is 10.3 Å². The maximum absolute atomic E-state index is 12.6. The number of fused-ring (bicyclic) bond motifs is 1. The van der Waals surface area contributed by atoms with E-state index in [1.807, 2.05) is 0 Å². The Balaban J connectivity index is 1.82. The van der Waals surface area contributed by atoms with Gasteiger partial charge in [-0.05, 0) is 13.3 Å². The van der Waals surface area contributed by atoms with Crippen LogP contribution in [0.1, 0.15) is 47.3 Å². The lowest BCUT2D eigenvalue weighted by atomic mass is 10.1. The Labute approximate surface area is 140 Å². The molecule has 8 nitrogen and oxygen atoms in total. The van der Waals surface area contributed by atoms with E-state index in [2.05, 4.69) is 27.4 Å². The largest absolute Gasteiger partial charge is 0.370 e. The van der Waals surface area contributed by atoms with Gasteiger partial charge in [-0.3, -0.25) is 4.79 Å². The third-order valence-electron chi connectivity index (χ3n) is 4.03. The first-order valence-corrected chi connectivity index (χ1v) is 8.20. The molecule has 0 radical (unpaired) electrons. The smallest absolute Gasteiger partial charge is 0.276 e. The van der Waals surface area contributed by atoms with Crippen molar-refractivity contribution < 1.29 is 9.32 Å². The number of nitrogens with zero attached hydrogens (tertiary/aromatic N) is 4. The van der Waals surface area contributed by atoms with Crippen molar-refractivity contribution in [2.45, 2.75) is 39.7 Å². The number of amides is 1. The van der Waals surface area contributed by atoms with Crippen molar-refractivity contribution in [3.8, 4) is 0 Å². The van der Waals surface area contributed by atoms with Crippen LogP contribution >= 0.6 is 0 Å². The lowest BCUT2D eigenvalue weighted by Crippen LogP contribution is -2.37. The molecular weight excluding hydrogens is 308 g/mol. The van der Waals surface area contributed by atoms with Crippen molar-refractivity contribution >= 4 is 17.7 Å². The Bertz CT molecular complexity index is 742. The van der Waals surface area contributed by atoms with Gasteiger partial charge in [0.2, 0.25) is 5.95 Å². The van der Waals surface area contributed by atoms with Crippen molar-refractivity contribution in [1.82, 2.24) is 20.0 Å². The first kappa shape index (κ1) is 16.2. The lowest BCUT2D eigenvalue weighted by molar-refractivity contribution is 0.0723. The van der Waals surface area contributed by atoms with Crippen molar-refractivity contribution in [2.75, 3.05) is 24.1 Å². The normalized spacial score (nSPS) is 13.7. The number of anilines is 2. The molecule has 0 unspecified atom stereocenters. The number of carbonyl (C=O) groups excluding carboxylic acids is 1. The Hall–Kier alpha value is -2.64. The molecule has 1 aliphatic rings. The summed E-state index contributed by atoms with van der Waals surface area (Å²) in [5, 5.41) is 7.13. The topological polar surface area (TPSA) is 110 Å². The highest BCUT2D eigenvalue weighted by molar-refractivity contribution is 5.92. The van der Waals surface area contributed by atoms with Crippen LogP contribution in [0.25, 0.3) is 0 Å². The van der Waals surface area contributed by atoms with Gasteiger partial charge in [0.1, 0.15) is 11.6 Å². The Kier molecular flexibility index (Phi) is 4.64. The quantitative estimate of drug-likeness (QED) is 0.804. The standard InChI is InChI=1S/C16H22N6O2/c1-3-4-6-18-14-11-9-22(7-5-12(11)19-16(17)20-14)15(23)13-8-10(2)24-21-13/h8H,3-7,9H2,1-2H3,(H3,17,18,19,20). The molecule has 0 saturated carbocycles. The van der Waals surface area contributed by atoms with Crippen LogP contribution in [0.2, 0.25) is 0 Å². The number of hydrogen-bond acceptors (Lipinski definition) is 7. The first-order chi connectivity index (χ1) is 11.6. The van der Waals surface area contributed by atoms with Gasteiger partial charge in [-0.1, -0.05) is 18.5 Å². The SMILES string of the molecule is CCCCNc1nc(N)nc2c1CN(C(=O)c1cc(C)on1)CC2. The minimum Gasteiger partial charge on any atom is -0.370 e. The fourth-order valence-corrected chi connectivity index (χ4v) is 2.77. The van der Waals surface area contributed by atoms with E-state index in [-0.39, 0.29) is 11.9 Å². The average molecular weight is 330 g/mol. The number of unbranched alkanes of at least 4 members (excludes halogenated alkanes) is 1. The number of nitrogens with two attached hydrogens (primary N) is 1. The van der Waals surface area contributed by atoms with Crippen LogP contribution in [-0.2, 0) is 13.0 Å². The Morgan fingerprint density at radius 1 is 1.46 bits per heavy atom. The molecule has 128 valence electrons. The summed E-state index contributed by atoms with van der Waals surface area (Å²) in [5.41, 5.74) is 7.97. The van der Waals surface area contributed by atoms with Crippen LogP contribution in [-0.4, -0.2) is 39.0 Å². The van der Waals surface area contributed by atoms with Gasteiger partial charge in [0.15, 0.2) is 5.69 Å². The molecular formula is C16H22N6O2. The average Bonchev–Trinajstić information content (AvgIpc) is 3.00. The van der Waals surface area contributed by atoms with Gasteiger partial charge in [-0.25, -0.2) is 4.98 Å². The van der Waals surface area contributed by atoms with Crippen molar-refractivity contribution in [3.05, 3.63) is 28.8 Å². The molecule has 0 aromatic carbocycles. The van der Waals surface area contributed by atoms with Crippen LogP contribution in [0.15, 0.2) is 10.6 Å². The number of hydrogen-bond donors (Lipinski definition) is 2. The lowest BCUT2D eigenvalue weighted by Gasteiger charge is -2.29. The van der Waals surface area contributed by atoms with Crippen molar-refractivity contribution in [1.29, 1.82) is 0 Å². The van der Waals surface area contributed by atoms with E-state index in [1.54, 1.807) is 17.9 Å². The third kappa shape index (κ3) is 3.32. The monoisotopic (exact) mass is 330 g/mol. The second-order valence-corrected chi connectivity index (χ2v) is 5.94.